The molecule has 1 aromatic heterocycles. The van der Waals surface area contributed by atoms with Gasteiger partial charge in [0, 0.05) is 18.2 Å². The van der Waals surface area contributed by atoms with Crippen LogP contribution in [-0.2, 0) is 0 Å². The maximum Gasteiger partial charge on any atom is 0.164 e. The Morgan fingerprint density at radius 1 is 1.53 bits per heavy atom. The minimum atomic E-state index is 0.186. The molecule has 3 nitrogen and oxygen atoms in total. The van der Waals surface area contributed by atoms with Gasteiger partial charge in [0.25, 0.3) is 0 Å². The van der Waals surface area contributed by atoms with Gasteiger partial charge in [-0.15, -0.1) is 0 Å². The zero-order valence-electron chi connectivity index (χ0n) is 8.90. The molecule has 0 radical (unpaired) electrons. The molecule has 1 heterocycles. The smallest absolute Gasteiger partial charge is 0.164 e. The van der Waals surface area contributed by atoms with Gasteiger partial charge < -0.3 is 4.74 Å². The Balaban J connectivity index is 2.03. The van der Waals surface area contributed by atoms with Crippen molar-refractivity contribution in [2.45, 2.75) is 25.7 Å². The lowest BCUT2D eigenvalue weighted by atomic mass is 9.81. The number of pyridine rings is 1. The van der Waals surface area contributed by atoms with Crippen LogP contribution in [0.3, 0.4) is 0 Å². The number of hydrogen-bond donors (Lipinski definition) is 0. The summed E-state index contributed by atoms with van der Waals surface area (Å²) in [7, 11) is 1.58. The molecule has 0 saturated heterocycles. The van der Waals surface area contributed by atoms with E-state index in [1.165, 1.54) is 19.3 Å². The minimum Gasteiger partial charge on any atom is -0.495 e. The first-order chi connectivity index (χ1) is 7.29. The third kappa shape index (κ3) is 2.35. The van der Waals surface area contributed by atoms with Crippen molar-refractivity contribution in [2.75, 3.05) is 7.11 Å². The summed E-state index contributed by atoms with van der Waals surface area (Å²) in [5, 5.41) is 0. The van der Waals surface area contributed by atoms with Crippen LogP contribution in [0.15, 0.2) is 18.5 Å². The van der Waals surface area contributed by atoms with Crippen molar-refractivity contribution in [1.29, 1.82) is 0 Å². The van der Waals surface area contributed by atoms with Gasteiger partial charge in [0.1, 0.15) is 5.75 Å². The van der Waals surface area contributed by atoms with E-state index in [0.29, 0.717) is 23.7 Å². The molecule has 2 rings (SSSR count). The Hall–Kier alpha value is -1.38. The average molecular weight is 205 g/mol. The number of Topliss-reactive ketones (excluding diaryl/α,β-unsaturated/α-hetero) is 1. The molecule has 1 aromatic rings. The lowest BCUT2D eigenvalue weighted by Crippen LogP contribution is -2.16. The summed E-state index contributed by atoms with van der Waals surface area (Å²) >= 11 is 0. The molecule has 0 aromatic carbocycles. The summed E-state index contributed by atoms with van der Waals surface area (Å²) < 4.78 is 5.04. The number of hydrogen-bond acceptors (Lipinski definition) is 3. The van der Waals surface area contributed by atoms with E-state index in [2.05, 4.69) is 4.98 Å². The SMILES string of the molecule is COc1cncc(C(=O)CC2CCC2)c1. The summed E-state index contributed by atoms with van der Waals surface area (Å²) in [6.07, 6.45) is 7.55. The molecule has 1 fully saturated rings. The van der Waals surface area contributed by atoms with E-state index in [0.717, 1.165) is 0 Å². The lowest BCUT2D eigenvalue weighted by Gasteiger charge is -2.24. The van der Waals surface area contributed by atoms with E-state index in [9.17, 15) is 4.79 Å². The predicted molar refractivity (Wildman–Crippen MR) is 57.1 cm³/mol. The van der Waals surface area contributed by atoms with Gasteiger partial charge in [-0.2, -0.15) is 0 Å². The monoisotopic (exact) mass is 205 g/mol. The van der Waals surface area contributed by atoms with Gasteiger partial charge >= 0.3 is 0 Å². The van der Waals surface area contributed by atoms with Crippen molar-refractivity contribution in [3.63, 3.8) is 0 Å². The Morgan fingerprint density at radius 3 is 2.93 bits per heavy atom. The Bertz CT molecular complexity index is 358. The number of nitrogens with zero attached hydrogens (tertiary/aromatic N) is 1. The van der Waals surface area contributed by atoms with Crippen LogP contribution in [0.2, 0.25) is 0 Å². The van der Waals surface area contributed by atoms with Crippen molar-refractivity contribution in [1.82, 2.24) is 4.98 Å². The summed E-state index contributed by atoms with van der Waals surface area (Å²) in [6, 6.07) is 1.76. The van der Waals surface area contributed by atoms with Crippen molar-refractivity contribution in [3.8, 4) is 5.75 Å². The second kappa shape index (κ2) is 4.43. The number of ketones is 1. The summed E-state index contributed by atoms with van der Waals surface area (Å²) in [5.41, 5.74) is 0.668. The molecule has 0 atom stereocenters. The summed E-state index contributed by atoms with van der Waals surface area (Å²) in [6.45, 7) is 0. The van der Waals surface area contributed by atoms with Gasteiger partial charge in [0.05, 0.1) is 13.3 Å². The van der Waals surface area contributed by atoms with Crippen molar-refractivity contribution >= 4 is 5.78 Å². The van der Waals surface area contributed by atoms with Gasteiger partial charge in [-0.3, -0.25) is 9.78 Å². The van der Waals surface area contributed by atoms with Crippen LogP contribution in [-0.4, -0.2) is 17.9 Å². The lowest BCUT2D eigenvalue weighted by molar-refractivity contribution is 0.0936. The van der Waals surface area contributed by atoms with E-state index in [1.54, 1.807) is 25.6 Å². The van der Waals surface area contributed by atoms with Gasteiger partial charge in [-0.05, 0) is 12.0 Å². The van der Waals surface area contributed by atoms with Crippen LogP contribution < -0.4 is 4.74 Å². The van der Waals surface area contributed by atoms with Crippen LogP contribution in [0, 0.1) is 5.92 Å². The molecule has 80 valence electrons. The highest BCUT2D eigenvalue weighted by Crippen LogP contribution is 2.30. The van der Waals surface area contributed by atoms with Crippen molar-refractivity contribution < 1.29 is 9.53 Å². The maximum atomic E-state index is 11.8. The van der Waals surface area contributed by atoms with Crippen LogP contribution >= 0.6 is 0 Å². The summed E-state index contributed by atoms with van der Waals surface area (Å²) in [5.74, 6) is 1.43. The number of methoxy groups -OCH3 is 1. The molecule has 0 unspecified atom stereocenters. The molecule has 1 saturated carbocycles. The molecule has 0 aliphatic heterocycles. The second-order valence-corrected chi connectivity index (χ2v) is 4.04. The van der Waals surface area contributed by atoms with E-state index in [4.69, 9.17) is 4.74 Å². The van der Waals surface area contributed by atoms with Crippen LogP contribution in [0.4, 0.5) is 0 Å². The Labute approximate surface area is 89.5 Å². The third-order valence-corrected chi connectivity index (χ3v) is 2.97. The molecule has 0 N–H and O–H groups in total. The maximum absolute atomic E-state index is 11.8. The molecule has 15 heavy (non-hydrogen) atoms. The highest BCUT2D eigenvalue weighted by Gasteiger charge is 2.21. The van der Waals surface area contributed by atoms with Gasteiger partial charge in [-0.25, -0.2) is 0 Å². The standard InChI is InChI=1S/C12H15NO2/c1-15-11-6-10(7-13-8-11)12(14)5-9-3-2-4-9/h6-9H,2-5H2,1H3. The summed E-state index contributed by atoms with van der Waals surface area (Å²) in [4.78, 5) is 15.8. The first-order valence-electron chi connectivity index (χ1n) is 5.32. The van der Waals surface area contributed by atoms with Crippen LogP contribution in [0.25, 0.3) is 0 Å². The predicted octanol–water partition coefficient (Wildman–Crippen LogP) is 2.46. The third-order valence-electron chi connectivity index (χ3n) is 2.97. The van der Waals surface area contributed by atoms with Crippen molar-refractivity contribution in [2.24, 2.45) is 5.92 Å². The molecule has 0 bridgehead atoms. The molecular weight excluding hydrogens is 190 g/mol. The average Bonchev–Trinajstić information content (AvgIpc) is 2.23. The van der Waals surface area contributed by atoms with E-state index in [-0.39, 0.29) is 5.78 Å². The highest BCUT2D eigenvalue weighted by molar-refractivity contribution is 5.96. The fourth-order valence-corrected chi connectivity index (χ4v) is 1.76. The van der Waals surface area contributed by atoms with Crippen LogP contribution in [0.5, 0.6) is 5.75 Å². The Morgan fingerprint density at radius 2 is 2.33 bits per heavy atom. The van der Waals surface area contributed by atoms with Gasteiger partial charge in [0.15, 0.2) is 5.78 Å². The quantitative estimate of drug-likeness (QED) is 0.709. The van der Waals surface area contributed by atoms with Gasteiger partial charge in [0.2, 0.25) is 0 Å². The fraction of sp³-hybridized carbons (Fsp3) is 0.500. The largest absolute Gasteiger partial charge is 0.495 e. The molecule has 1 aliphatic rings. The number of aromatic nitrogens is 1. The first-order valence-corrected chi connectivity index (χ1v) is 5.32. The normalized spacial score (nSPS) is 15.8. The van der Waals surface area contributed by atoms with E-state index < -0.39 is 0 Å². The number of carbonyl (C=O) groups excluding carboxylic acids is 1. The van der Waals surface area contributed by atoms with Crippen LogP contribution in [0.1, 0.15) is 36.0 Å². The number of ether oxygens (including phenoxy) is 1. The fourth-order valence-electron chi connectivity index (χ4n) is 1.76. The Kier molecular flexibility index (Phi) is 2.99. The molecule has 3 heteroatoms. The van der Waals surface area contributed by atoms with Crippen molar-refractivity contribution in [3.05, 3.63) is 24.0 Å². The molecule has 0 amide bonds. The highest BCUT2D eigenvalue weighted by atomic mass is 16.5. The number of rotatable bonds is 4. The topological polar surface area (TPSA) is 39.2 Å². The second-order valence-electron chi connectivity index (χ2n) is 4.04. The molecular formula is C12H15NO2. The molecule has 1 aliphatic carbocycles. The number of carbonyl (C=O) groups is 1. The zero-order valence-corrected chi connectivity index (χ0v) is 8.90. The van der Waals surface area contributed by atoms with Gasteiger partial charge in [-0.1, -0.05) is 19.3 Å². The minimum absolute atomic E-state index is 0.186. The first kappa shape index (κ1) is 10.1. The zero-order chi connectivity index (χ0) is 10.7. The van der Waals surface area contributed by atoms with E-state index in [1.807, 2.05) is 0 Å². The van der Waals surface area contributed by atoms with E-state index >= 15 is 0 Å². The molecule has 0 spiro atoms.